The van der Waals surface area contributed by atoms with Crippen LogP contribution in [0.1, 0.15) is 30.7 Å². The standard InChI is InChI=1S/C13H18N4OS/c1-9-7-10(2)17-12(14-9)15-13(16-17)19-8-11-5-3-4-6-18-11/h7,11H,3-6,8H2,1-2H3/t11-/m1/s1. The fraction of sp³-hybridized carbons (Fsp3) is 0.615. The molecule has 1 aliphatic rings. The summed E-state index contributed by atoms with van der Waals surface area (Å²) < 4.78 is 7.52. The Hall–Kier alpha value is -1.14. The highest BCUT2D eigenvalue weighted by molar-refractivity contribution is 7.99. The van der Waals surface area contributed by atoms with Crippen LogP contribution in [0.4, 0.5) is 0 Å². The monoisotopic (exact) mass is 278 g/mol. The van der Waals surface area contributed by atoms with Gasteiger partial charge >= 0.3 is 0 Å². The van der Waals surface area contributed by atoms with Crippen molar-refractivity contribution in [2.24, 2.45) is 0 Å². The average Bonchev–Trinajstić information content (AvgIpc) is 2.81. The smallest absolute Gasteiger partial charge is 0.253 e. The van der Waals surface area contributed by atoms with Crippen LogP contribution in [0.25, 0.3) is 5.78 Å². The molecule has 0 saturated carbocycles. The summed E-state index contributed by atoms with van der Waals surface area (Å²) in [5.74, 6) is 1.61. The van der Waals surface area contributed by atoms with Gasteiger partial charge in [-0.1, -0.05) is 11.8 Å². The molecule has 0 radical (unpaired) electrons. The van der Waals surface area contributed by atoms with Crippen molar-refractivity contribution >= 4 is 17.5 Å². The number of aryl methyl sites for hydroxylation is 2. The maximum absolute atomic E-state index is 5.72. The van der Waals surface area contributed by atoms with E-state index in [0.29, 0.717) is 11.9 Å². The quantitative estimate of drug-likeness (QED) is 0.807. The zero-order valence-electron chi connectivity index (χ0n) is 11.3. The fourth-order valence-corrected chi connectivity index (χ4v) is 3.20. The molecule has 0 spiro atoms. The van der Waals surface area contributed by atoms with Crippen LogP contribution < -0.4 is 0 Å². The first-order chi connectivity index (χ1) is 9.22. The summed E-state index contributed by atoms with van der Waals surface area (Å²) in [5.41, 5.74) is 2.04. The second kappa shape index (κ2) is 5.46. The largest absolute Gasteiger partial charge is 0.377 e. The summed E-state index contributed by atoms with van der Waals surface area (Å²) in [5, 5.41) is 5.28. The molecule has 2 aromatic heterocycles. The minimum absolute atomic E-state index is 0.348. The molecule has 6 heteroatoms. The van der Waals surface area contributed by atoms with Crippen molar-refractivity contribution in [2.45, 2.75) is 44.4 Å². The van der Waals surface area contributed by atoms with Crippen molar-refractivity contribution in [1.29, 1.82) is 0 Å². The average molecular weight is 278 g/mol. The maximum Gasteiger partial charge on any atom is 0.253 e. The van der Waals surface area contributed by atoms with Gasteiger partial charge in [0.25, 0.3) is 5.78 Å². The van der Waals surface area contributed by atoms with E-state index in [1.807, 2.05) is 19.9 Å². The molecule has 1 aliphatic heterocycles. The fourth-order valence-electron chi connectivity index (χ4n) is 2.32. The van der Waals surface area contributed by atoms with Crippen LogP contribution in [0, 0.1) is 13.8 Å². The Labute approximate surface area is 116 Å². The van der Waals surface area contributed by atoms with Crippen molar-refractivity contribution in [3.8, 4) is 0 Å². The van der Waals surface area contributed by atoms with Crippen molar-refractivity contribution in [3.63, 3.8) is 0 Å². The predicted molar refractivity (Wildman–Crippen MR) is 74.6 cm³/mol. The van der Waals surface area contributed by atoms with Gasteiger partial charge in [0, 0.05) is 23.7 Å². The Bertz CT molecular complexity index is 577. The van der Waals surface area contributed by atoms with Crippen LogP contribution in [0.3, 0.4) is 0 Å². The second-order valence-corrected chi connectivity index (χ2v) is 5.93. The summed E-state index contributed by atoms with van der Waals surface area (Å²) in [6, 6.07) is 2.01. The maximum atomic E-state index is 5.72. The normalized spacial score (nSPS) is 20.0. The third kappa shape index (κ3) is 2.90. The Morgan fingerprint density at radius 2 is 2.26 bits per heavy atom. The van der Waals surface area contributed by atoms with Crippen LogP contribution in [-0.2, 0) is 4.74 Å². The van der Waals surface area contributed by atoms with Crippen LogP contribution in [-0.4, -0.2) is 38.0 Å². The number of aromatic nitrogens is 4. The van der Waals surface area contributed by atoms with Gasteiger partial charge in [0.2, 0.25) is 5.16 Å². The van der Waals surface area contributed by atoms with Gasteiger partial charge in [0.1, 0.15) is 0 Å². The van der Waals surface area contributed by atoms with Gasteiger partial charge in [0.05, 0.1) is 6.10 Å². The van der Waals surface area contributed by atoms with Crippen molar-refractivity contribution in [2.75, 3.05) is 12.4 Å². The first-order valence-electron chi connectivity index (χ1n) is 6.68. The Morgan fingerprint density at radius 1 is 1.37 bits per heavy atom. The number of hydrogen-bond donors (Lipinski definition) is 0. The third-order valence-corrected chi connectivity index (χ3v) is 4.24. The minimum Gasteiger partial charge on any atom is -0.377 e. The highest BCUT2D eigenvalue weighted by Gasteiger charge is 2.16. The van der Waals surface area contributed by atoms with E-state index in [9.17, 15) is 0 Å². The second-order valence-electron chi connectivity index (χ2n) is 4.94. The van der Waals surface area contributed by atoms with E-state index in [1.54, 1.807) is 16.3 Å². The molecular formula is C13H18N4OS. The van der Waals surface area contributed by atoms with Crippen molar-refractivity contribution in [3.05, 3.63) is 17.5 Å². The summed E-state index contributed by atoms with van der Waals surface area (Å²) >= 11 is 1.66. The molecule has 0 N–H and O–H groups in total. The molecular weight excluding hydrogens is 260 g/mol. The molecule has 1 saturated heterocycles. The lowest BCUT2D eigenvalue weighted by Crippen LogP contribution is -2.21. The van der Waals surface area contributed by atoms with Crippen molar-refractivity contribution < 1.29 is 4.74 Å². The highest BCUT2D eigenvalue weighted by atomic mass is 32.2. The molecule has 1 atom stereocenters. The van der Waals surface area contributed by atoms with E-state index in [4.69, 9.17) is 4.74 Å². The van der Waals surface area contributed by atoms with Crippen LogP contribution in [0.15, 0.2) is 11.2 Å². The van der Waals surface area contributed by atoms with Gasteiger partial charge in [-0.3, -0.25) is 0 Å². The Morgan fingerprint density at radius 3 is 3.05 bits per heavy atom. The number of thioether (sulfide) groups is 1. The van der Waals surface area contributed by atoms with Gasteiger partial charge in [0.15, 0.2) is 0 Å². The lowest BCUT2D eigenvalue weighted by molar-refractivity contribution is 0.0315. The third-order valence-electron chi connectivity index (χ3n) is 3.27. The summed E-state index contributed by atoms with van der Waals surface area (Å²) in [6.07, 6.45) is 3.96. The molecule has 2 aromatic rings. The van der Waals surface area contributed by atoms with Gasteiger partial charge in [-0.05, 0) is 39.2 Å². The molecule has 5 nitrogen and oxygen atoms in total. The Balaban J connectivity index is 1.72. The van der Waals surface area contributed by atoms with E-state index < -0.39 is 0 Å². The van der Waals surface area contributed by atoms with E-state index >= 15 is 0 Å². The van der Waals surface area contributed by atoms with E-state index in [2.05, 4.69) is 15.1 Å². The van der Waals surface area contributed by atoms with Gasteiger partial charge in [-0.2, -0.15) is 4.98 Å². The molecule has 1 fully saturated rings. The summed E-state index contributed by atoms with van der Waals surface area (Å²) in [4.78, 5) is 8.86. The first kappa shape index (κ1) is 12.9. The molecule has 3 heterocycles. The summed E-state index contributed by atoms with van der Waals surface area (Å²) in [7, 11) is 0. The van der Waals surface area contributed by atoms with Crippen LogP contribution in [0.5, 0.6) is 0 Å². The van der Waals surface area contributed by atoms with Crippen molar-refractivity contribution in [1.82, 2.24) is 19.6 Å². The number of fused-ring (bicyclic) bond motifs is 1. The van der Waals surface area contributed by atoms with Crippen LogP contribution in [0.2, 0.25) is 0 Å². The molecule has 0 bridgehead atoms. The molecule has 102 valence electrons. The highest BCUT2D eigenvalue weighted by Crippen LogP contribution is 2.21. The van der Waals surface area contributed by atoms with Gasteiger partial charge in [-0.25, -0.2) is 9.50 Å². The number of nitrogens with zero attached hydrogens (tertiary/aromatic N) is 4. The molecule has 19 heavy (non-hydrogen) atoms. The zero-order valence-corrected chi connectivity index (χ0v) is 12.1. The topological polar surface area (TPSA) is 52.3 Å². The molecule has 3 rings (SSSR count). The van der Waals surface area contributed by atoms with Gasteiger partial charge in [-0.15, -0.1) is 5.10 Å². The minimum atomic E-state index is 0.348. The SMILES string of the molecule is Cc1cc(C)n2nc(SC[C@H]3CCCCO3)nc2n1. The number of ether oxygens (including phenoxy) is 1. The first-order valence-corrected chi connectivity index (χ1v) is 7.66. The number of hydrogen-bond acceptors (Lipinski definition) is 5. The van der Waals surface area contributed by atoms with Gasteiger partial charge < -0.3 is 4.74 Å². The van der Waals surface area contributed by atoms with Crippen LogP contribution >= 0.6 is 11.8 Å². The molecule has 0 aromatic carbocycles. The molecule has 0 amide bonds. The van der Waals surface area contributed by atoms with E-state index in [-0.39, 0.29) is 0 Å². The lowest BCUT2D eigenvalue weighted by atomic mass is 10.1. The molecule has 0 unspecified atom stereocenters. The van der Waals surface area contributed by atoms with E-state index in [1.165, 1.54) is 12.8 Å². The van der Waals surface area contributed by atoms with E-state index in [0.717, 1.165) is 35.3 Å². The predicted octanol–water partition coefficient (Wildman–Crippen LogP) is 2.40. The zero-order chi connectivity index (χ0) is 13.2. The molecule has 0 aliphatic carbocycles. The number of rotatable bonds is 3. The lowest BCUT2D eigenvalue weighted by Gasteiger charge is -2.21. The Kier molecular flexibility index (Phi) is 3.70. The summed E-state index contributed by atoms with van der Waals surface area (Å²) in [6.45, 7) is 4.89.